The van der Waals surface area contributed by atoms with Gasteiger partial charge in [0.15, 0.2) is 0 Å². The molecule has 2 heteroatoms. The zero-order valence-corrected chi connectivity index (χ0v) is 38.9. The molecule has 2 fully saturated rings. The van der Waals surface area contributed by atoms with Crippen molar-refractivity contribution in [2.45, 2.75) is 23.7 Å². The molecule has 66 heavy (non-hydrogen) atoms. The first-order chi connectivity index (χ1) is 32.8. The highest BCUT2D eigenvalue weighted by Gasteiger charge is 2.42. The van der Waals surface area contributed by atoms with E-state index in [1.54, 1.807) is 10.6 Å². The van der Waals surface area contributed by atoms with Gasteiger partial charge in [-0.25, -0.2) is 0 Å². The van der Waals surface area contributed by atoms with Crippen molar-refractivity contribution in [3.8, 4) is 33.4 Å². The SMILES string of the molecule is c1ccc(-c2cc3ccccc3c(-c3c(P4CC(c5ccccc5)C(c5ccccc5)C4)c(-c4ccccc4)cc4ccccc34)c2P2CC(c3ccccc3)C(c3ccccc3)C2)cc1. The zero-order chi connectivity index (χ0) is 43.8. The second-order valence-corrected chi connectivity index (χ2v) is 22.9. The summed E-state index contributed by atoms with van der Waals surface area (Å²) >= 11 is 0. The van der Waals surface area contributed by atoms with Crippen LogP contribution in [-0.4, -0.2) is 24.6 Å². The summed E-state index contributed by atoms with van der Waals surface area (Å²) < 4.78 is 0. The normalized spacial score (nSPS) is 20.5. The summed E-state index contributed by atoms with van der Waals surface area (Å²) in [6.07, 6.45) is 4.60. The van der Waals surface area contributed by atoms with Gasteiger partial charge in [-0.2, -0.15) is 0 Å². The third-order valence-corrected chi connectivity index (χ3v) is 20.2. The van der Waals surface area contributed by atoms with Crippen LogP contribution in [0, 0.1) is 0 Å². The van der Waals surface area contributed by atoms with Gasteiger partial charge in [-0.3, -0.25) is 0 Å². The fourth-order valence-electron chi connectivity index (χ4n) is 11.6. The third-order valence-electron chi connectivity index (χ3n) is 14.6. The van der Waals surface area contributed by atoms with Gasteiger partial charge < -0.3 is 0 Å². The lowest BCUT2D eigenvalue weighted by Gasteiger charge is -2.29. The maximum Gasteiger partial charge on any atom is -0.000926 e. The molecule has 10 aromatic carbocycles. The predicted octanol–water partition coefficient (Wildman–Crippen LogP) is 16.4. The summed E-state index contributed by atoms with van der Waals surface area (Å²) in [4.78, 5) is 0. The topological polar surface area (TPSA) is 0 Å². The number of rotatable bonds is 9. The predicted molar refractivity (Wildman–Crippen MR) is 287 cm³/mol. The summed E-state index contributed by atoms with van der Waals surface area (Å²) in [5.41, 5.74) is 14.2. The van der Waals surface area contributed by atoms with Gasteiger partial charge in [0.1, 0.15) is 0 Å². The van der Waals surface area contributed by atoms with Gasteiger partial charge >= 0.3 is 0 Å². The van der Waals surface area contributed by atoms with E-state index in [1.165, 1.54) is 77.2 Å². The number of benzene rings is 10. The summed E-state index contributed by atoms with van der Waals surface area (Å²) in [7, 11) is -1.31. The van der Waals surface area contributed by atoms with E-state index < -0.39 is 15.8 Å². The van der Waals surface area contributed by atoms with Crippen LogP contribution in [0.3, 0.4) is 0 Å². The number of hydrogen-bond donors (Lipinski definition) is 0. The van der Waals surface area contributed by atoms with Gasteiger partial charge in [-0.05, 0) is 148 Å². The molecule has 0 aromatic heterocycles. The molecule has 0 amide bonds. The van der Waals surface area contributed by atoms with E-state index in [0.717, 1.165) is 24.6 Å². The second-order valence-electron chi connectivity index (χ2n) is 18.3. The van der Waals surface area contributed by atoms with Gasteiger partial charge in [-0.15, -0.1) is 0 Å². The molecule has 0 nitrogen and oxygen atoms in total. The molecule has 0 aliphatic carbocycles. The monoisotopic (exact) mass is 882 g/mol. The highest BCUT2D eigenvalue weighted by Crippen LogP contribution is 2.62. The smallest absolute Gasteiger partial charge is 0.000926 e. The van der Waals surface area contributed by atoms with Crippen LogP contribution in [-0.2, 0) is 0 Å². The van der Waals surface area contributed by atoms with Crippen LogP contribution in [0.5, 0.6) is 0 Å². The van der Waals surface area contributed by atoms with Crippen molar-refractivity contribution >= 4 is 48.0 Å². The van der Waals surface area contributed by atoms with E-state index in [2.05, 4.69) is 243 Å². The van der Waals surface area contributed by atoms with Gasteiger partial charge in [0.25, 0.3) is 0 Å². The van der Waals surface area contributed by atoms with Gasteiger partial charge in [0.2, 0.25) is 0 Å². The molecule has 2 saturated heterocycles. The average Bonchev–Trinajstić information content (AvgIpc) is 4.05. The Morgan fingerprint density at radius 2 is 0.530 bits per heavy atom. The second kappa shape index (κ2) is 18.1. The van der Waals surface area contributed by atoms with Crippen LogP contribution in [0.25, 0.3) is 54.9 Å². The van der Waals surface area contributed by atoms with Crippen LogP contribution < -0.4 is 10.6 Å². The molecule has 318 valence electrons. The maximum absolute atomic E-state index is 2.56. The largest absolute Gasteiger partial charge is 0.0727 e. The lowest BCUT2D eigenvalue weighted by molar-refractivity contribution is 0.666. The molecular formula is C64H52P2. The Morgan fingerprint density at radius 1 is 0.273 bits per heavy atom. The Morgan fingerprint density at radius 3 is 0.833 bits per heavy atom. The molecule has 0 saturated carbocycles. The average molecular weight is 883 g/mol. The highest BCUT2D eigenvalue weighted by atomic mass is 31.1. The van der Waals surface area contributed by atoms with Crippen LogP contribution in [0.15, 0.2) is 243 Å². The van der Waals surface area contributed by atoms with Gasteiger partial charge in [0, 0.05) is 0 Å². The first-order valence-electron chi connectivity index (χ1n) is 23.7. The Bertz CT molecular complexity index is 2940. The van der Waals surface area contributed by atoms with Crippen LogP contribution >= 0.6 is 15.8 Å². The molecule has 0 N–H and O–H groups in total. The molecule has 0 radical (unpaired) electrons. The van der Waals surface area contributed by atoms with Crippen LogP contribution in [0.4, 0.5) is 0 Å². The van der Waals surface area contributed by atoms with E-state index in [-0.39, 0.29) is 0 Å². The minimum absolute atomic E-state index is 0.423. The molecule has 2 aliphatic heterocycles. The molecule has 0 bridgehead atoms. The van der Waals surface area contributed by atoms with Crippen molar-refractivity contribution < 1.29 is 0 Å². The van der Waals surface area contributed by atoms with Crippen molar-refractivity contribution in [2.24, 2.45) is 0 Å². The van der Waals surface area contributed by atoms with Crippen molar-refractivity contribution in [3.05, 3.63) is 265 Å². The molecule has 2 heterocycles. The molecule has 0 spiro atoms. The summed E-state index contributed by atoms with van der Waals surface area (Å²) in [6, 6.07) is 92.4. The van der Waals surface area contributed by atoms with Crippen molar-refractivity contribution in [1.82, 2.24) is 0 Å². The molecule has 10 aromatic rings. The Kier molecular flexibility index (Phi) is 11.3. The van der Waals surface area contributed by atoms with Gasteiger partial charge in [0.05, 0.1) is 0 Å². The first-order valence-corrected chi connectivity index (χ1v) is 27.1. The quantitative estimate of drug-likeness (QED) is 0.127. The van der Waals surface area contributed by atoms with Crippen molar-refractivity contribution in [3.63, 3.8) is 0 Å². The fraction of sp³-hybridized carbons (Fsp3) is 0.125. The van der Waals surface area contributed by atoms with E-state index in [4.69, 9.17) is 0 Å². The number of hydrogen-bond acceptors (Lipinski definition) is 0. The Hall–Kier alpha value is -6.42. The maximum atomic E-state index is 2.56. The number of fused-ring (bicyclic) bond motifs is 2. The summed E-state index contributed by atoms with van der Waals surface area (Å²) in [5, 5.41) is 8.54. The first kappa shape index (κ1) is 41.0. The third kappa shape index (κ3) is 7.62. The molecule has 12 rings (SSSR count). The van der Waals surface area contributed by atoms with Crippen LogP contribution in [0.1, 0.15) is 45.9 Å². The molecular weight excluding hydrogens is 831 g/mol. The van der Waals surface area contributed by atoms with Crippen molar-refractivity contribution in [2.75, 3.05) is 24.6 Å². The molecule has 4 atom stereocenters. The van der Waals surface area contributed by atoms with E-state index >= 15 is 0 Å². The van der Waals surface area contributed by atoms with Gasteiger partial charge in [-0.1, -0.05) is 246 Å². The summed E-state index contributed by atoms with van der Waals surface area (Å²) in [6.45, 7) is 0. The lowest BCUT2D eigenvalue weighted by atomic mass is 9.84. The van der Waals surface area contributed by atoms with E-state index in [1.807, 2.05) is 0 Å². The Balaban J connectivity index is 1.18. The summed E-state index contributed by atoms with van der Waals surface area (Å²) in [5.74, 6) is 1.69. The van der Waals surface area contributed by atoms with Crippen molar-refractivity contribution in [1.29, 1.82) is 0 Å². The minimum atomic E-state index is -0.655. The Labute approximate surface area is 392 Å². The van der Waals surface area contributed by atoms with Crippen LogP contribution in [0.2, 0.25) is 0 Å². The standard InChI is InChI=1S/C64H52P2/c1-7-23-45(24-8-1)55-39-51-35-19-21-37-53(51)61(63(55)65-41-57(47-27-11-3-12-28-47)58(42-65)48-29-13-4-14-30-48)62-54-38-22-20-36-52(54)40-56(46-25-9-2-10-26-46)64(62)66-43-59(49-31-15-5-16-32-49)60(44-66)50-33-17-6-18-34-50/h1-40,57-60H,41-44H2. The lowest BCUT2D eigenvalue weighted by Crippen LogP contribution is -2.19. The molecule has 2 aliphatic rings. The highest BCUT2D eigenvalue weighted by molar-refractivity contribution is 7.67. The molecule has 4 unspecified atom stereocenters. The zero-order valence-electron chi connectivity index (χ0n) is 37.1. The van der Waals surface area contributed by atoms with E-state index in [0.29, 0.717) is 23.7 Å². The van der Waals surface area contributed by atoms with E-state index in [9.17, 15) is 0 Å². The minimum Gasteiger partial charge on any atom is -0.0727 e. The fourth-order valence-corrected chi connectivity index (χ4v) is 18.6.